The average molecular weight is 337 g/mol. The predicted octanol–water partition coefficient (Wildman–Crippen LogP) is 4.76. The maximum absolute atomic E-state index is 5.98. The molecule has 0 N–H and O–H groups in total. The lowest BCUT2D eigenvalue weighted by molar-refractivity contribution is 0.926. The van der Waals surface area contributed by atoms with E-state index in [4.69, 9.17) is 16.7 Å². The molecule has 2 aliphatic rings. The molecule has 0 bridgehead atoms. The number of para-hydroxylation sites is 1. The van der Waals surface area contributed by atoms with Crippen LogP contribution in [0, 0.1) is 0 Å². The first-order valence-electron chi connectivity index (χ1n) is 7.08. The third kappa shape index (κ3) is 1.94. The molecule has 0 spiro atoms. The van der Waals surface area contributed by atoms with Gasteiger partial charge in [0.25, 0.3) is 0 Å². The third-order valence-electron chi connectivity index (χ3n) is 3.82. The summed E-state index contributed by atoms with van der Waals surface area (Å²) in [7, 11) is 0. The number of thiazole rings is 1. The van der Waals surface area contributed by atoms with Gasteiger partial charge in [0.05, 0.1) is 11.2 Å². The Bertz CT molecular complexity index is 1130. The molecule has 6 heteroatoms. The summed E-state index contributed by atoms with van der Waals surface area (Å²) in [6, 6.07) is 15.7. The minimum Gasteiger partial charge on any atom is -0.226 e. The van der Waals surface area contributed by atoms with Crippen molar-refractivity contribution < 1.29 is 0 Å². The monoisotopic (exact) mass is 336 g/mol. The molecule has 0 aliphatic carbocycles. The van der Waals surface area contributed by atoms with E-state index >= 15 is 0 Å². The molecule has 0 radical (unpaired) electrons. The van der Waals surface area contributed by atoms with Crippen LogP contribution in [0.3, 0.4) is 0 Å². The number of fused-ring (bicyclic) bond motifs is 4. The summed E-state index contributed by atoms with van der Waals surface area (Å²) in [5.74, 6) is 0.690. The van der Waals surface area contributed by atoms with Crippen LogP contribution >= 0.6 is 22.9 Å². The summed E-state index contributed by atoms with van der Waals surface area (Å²) >= 11 is 7.53. The first kappa shape index (κ1) is 13.0. The van der Waals surface area contributed by atoms with Crippen LogP contribution in [0.1, 0.15) is 0 Å². The number of aromatic nitrogens is 4. The number of benzene rings is 2. The van der Waals surface area contributed by atoms with Crippen molar-refractivity contribution in [2.45, 2.75) is 0 Å². The summed E-state index contributed by atoms with van der Waals surface area (Å²) in [5, 5.41) is 8.59. The molecule has 3 heterocycles. The van der Waals surface area contributed by atoms with Crippen LogP contribution in [-0.2, 0) is 0 Å². The zero-order valence-corrected chi connectivity index (χ0v) is 13.3. The second-order valence-electron chi connectivity index (χ2n) is 5.24. The fraction of sp³-hybridized carbons (Fsp3) is 0. The first-order valence-corrected chi connectivity index (χ1v) is 8.34. The van der Waals surface area contributed by atoms with Gasteiger partial charge in [-0.25, -0.2) is 9.50 Å². The second kappa shape index (κ2) is 4.75. The van der Waals surface area contributed by atoms with Crippen molar-refractivity contribution in [3.63, 3.8) is 0 Å². The van der Waals surface area contributed by atoms with E-state index in [0.717, 1.165) is 37.8 Å². The van der Waals surface area contributed by atoms with E-state index in [1.165, 1.54) is 0 Å². The second-order valence-corrected chi connectivity index (χ2v) is 6.51. The van der Waals surface area contributed by atoms with Crippen LogP contribution < -0.4 is 0 Å². The van der Waals surface area contributed by atoms with E-state index in [2.05, 4.69) is 15.3 Å². The molecular formula is C17H9ClN4S. The highest BCUT2D eigenvalue weighted by molar-refractivity contribution is 7.15. The Kier molecular flexibility index (Phi) is 2.68. The van der Waals surface area contributed by atoms with Gasteiger partial charge >= 0.3 is 0 Å². The van der Waals surface area contributed by atoms with E-state index in [1.807, 2.05) is 53.0 Å². The fourth-order valence-corrected chi connectivity index (χ4v) is 3.68. The van der Waals surface area contributed by atoms with Crippen LogP contribution in [0.25, 0.3) is 38.6 Å². The van der Waals surface area contributed by atoms with Gasteiger partial charge in [0.15, 0.2) is 5.82 Å². The van der Waals surface area contributed by atoms with Crippen molar-refractivity contribution in [1.82, 2.24) is 19.6 Å². The maximum atomic E-state index is 5.98. The maximum Gasteiger partial charge on any atom is 0.213 e. The topological polar surface area (TPSA) is 43.1 Å². The molecule has 5 rings (SSSR count). The molecule has 0 saturated heterocycles. The summed E-state index contributed by atoms with van der Waals surface area (Å²) in [6.45, 7) is 0. The Morgan fingerprint density at radius 2 is 1.78 bits per heavy atom. The average Bonchev–Trinajstić information content (AvgIpc) is 3.14. The highest BCUT2D eigenvalue weighted by Crippen LogP contribution is 2.31. The van der Waals surface area contributed by atoms with Crippen LogP contribution in [-0.4, -0.2) is 19.6 Å². The Hall–Kier alpha value is -2.50. The third-order valence-corrected chi connectivity index (χ3v) is 4.89. The summed E-state index contributed by atoms with van der Waals surface area (Å²) in [6.07, 6.45) is 0. The predicted molar refractivity (Wildman–Crippen MR) is 93.2 cm³/mol. The zero-order chi connectivity index (χ0) is 15.4. The van der Waals surface area contributed by atoms with Gasteiger partial charge in [-0.15, -0.1) is 11.3 Å². The zero-order valence-electron chi connectivity index (χ0n) is 11.8. The fourth-order valence-electron chi connectivity index (χ4n) is 2.72. The number of hydrogen-bond donors (Lipinski definition) is 0. The van der Waals surface area contributed by atoms with E-state index in [-0.39, 0.29) is 0 Å². The molecule has 0 unspecified atom stereocenters. The largest absolute Gasteiger partial charge is 0.226 e. The lowest BCUT2D eigenvalue weighted by Crippen LogP contribution is -1.99. The number of halogens is 1. The minimum atomic E-state index is 0.690. The van der Waals surface area contributed by atoms with Gasteiger partial charge in [0.2, 0.25) is 4.96 Å². The van der Waals surface area contributed by atoms with Gasteiger partial charge in [-0.2, -0.15) is 10.1 Å². The van der Waals surface area contributed by atoms with E-state index in [1.54, 1.807) is 11.3 Å². The lowest BCUT2D eigenvalue weighted by Gasteiger charge is -2.03. The lowest BCUT2D eigenvalue weighted by atomic mass is 10.2. The highest BCUT2D eigenvalue weighted by Gasteiger charge is 2.18. The molecule has 23 heavy (non-hydrogen) atoms. The van der Waals surface area contributed by atoms with Crippen molar-refractivity contribution in [1.29, 1.82) is 0 Å². The van der Waals surface area contributed by atoms with Crippen LogP contribution in [0.2, 0.25) is 5.02 Å². The van der Waals surface area contributed by atoms with Gasteiger partial charge in [-0.1, -0.05) is 41.9 Å². The molecule has 0 fully saturated rings. The van der Waals surface area contributed by atoms with Gasteiger partial charge in [-0.05, 0) is 18.2 Å². The number of nitrogens with zero attached hydrogens (tertiary/aromatic N) is 4. The van der Waals surface area contributed by atoms with Crippen molar-refractivity contribution >= 4 is 38.8 Å². The van der Waals surface area contributed by atoms with E-state index in [9.17, 15) is 0 Å². The van der Waals surface area contributed by atoms with Crippen LogP contribution in [0.15, 0.2) is 53.9 Å². The van der Waals surface area contributed by atoms with Crippen LogP contribution in [0.5, 0.6) is 0 Å². The molecular weight excluding hydrogens is 328 g/mol. The van der Waals surface area contributed by atoms with Crippen molar-refractivity contribution in [3.8, 4) is 22.8 Å². The van der Waals surface area contributed by atoms with Gasteiger partial charge in [0, 0.05) is 21.4 Å². The first-order chi connectivity index (χ1) is 11.3. The summed E-state index contributed by atoms with van der Waals surface area (Å²) in [5.41, 5.74) is 3.81. The molecule has 4 nitrogen and oxygen atoms in total. The Labute approximate surface area is 140 Å². The molecule has 0 atom stereocenters. The Morgan fingerprint density at radius 1 is 0.957 bits per heavy atom. The molecule has 2 aromatic carbocycles. The molecule has 3 aromatic rings. The Morgan fingerprint density at radius 3 is 2.65 bits per heavy atom. The smallest absolute Gasteiger partial charge is 0.213 e. The standard InChI is InChI=1S/C17H9ClN4S/c18-11-7-5-10(6-8-11)14-9-23-17-20-16-15(21-22(14)17)12-3-1-2-4-13(12)19-16/h1-9H. The molecule has 2 aliphatic heterocycles. The number of rotatable bonds is 1. The van der Waals surface area contributed by atoms with Gasteiger partial charge in [-0.3, -0.25) is 0 Å². The normalized spacial score (nSPS) is 11.7. The van der Waals surface area contributed by atoms with Gasteiger partial charge in [0.1, 0.15) is 5.69 Å². The van der Waals surface area contributed by atoms with Crippen molar-refractivity contribution in [2.24, 2.45) is 0 Å². The van der Waals surface area contributed by atoms with E-state index in [0.29, 0.717) is 5.82 Å². The van der Waals surface area contributed by atoms with Gasteiger partial charge < -0.3 is 0 Å². The molecule has 1 aromatic heterocycles. The quantitative estimate of drug-likeness (QED) is 0.443. The van der Waals surface area contributed by atoms with Crippen molar-refractivity contribution in [3.05, 3.63) is 58.9 Å². The summed E-state index contributed by atoms with van der Waals surface area (Å²) in [4.78, 5) is 10.0. The highest BCUT2D eigenvalue weighted by atomic mass is 35.5. The molecule has 0 amide bonds. The van der Waals surface area contributed by atoms with Crippen molar-refractivity contribution in [2.75, 3.05) is 0 Å². The minimum absolute atomic E-state index is 0.690. The van der Waals surface area contributed by atoms with Crippen LogP contribution in [0.4, 0.5) is 0 Å². The van der Waals surface area contributed by atoms with E-state index < -0.39 is 0 Å². The molecule has 110 valence electrons. The summed E-state index contributed by atoms with van der Waals surface area (Å²) < 4.78 is 1.88. The SMILES string of the molecule is Clc1ccc(-c2csc3nc4nc5ccccc5c-4nn23)cc1. The molecule has 0 saturated carbocycles. The number of hydrogen-bond acceptors (Lipinski definition) is 4. The Balaban J connectivity index is 1.83.